The van der Waals surface area contributed by atoms with Crippen LogP contribution in [0.1, 0.15) is 77.8 Å². The third-order valence-electron chi connectivity index (χ3n) is 9.08. The number of allylic oxidation sites excluding steroid dienone is 3. The minimum Gasteiger partial charge on any atom is -0.457 e. The van der Waals surface area contributed by atoms with E-state index in [4.69, 9.17) is 9.47 Å². The molecule has 6 atom stereocenters. The van der Waals surface area contributed by atoms with E-state index in [9.17, 15) is 19.8 Å². The summed E-state index contributed by atoms with van der Waals surface area (Å²) < 4.78 is 11.8. The van der Waals surface area contributed by atoms with Gasteiger partial charge in [-0.2, -0.15) is 0 Å². The first kappa shape index (κ1) is 32.9. The van der Waals surface area contributed by atoms with Gasteiger partial charge < -0.3 is 24.6 Å². The van der Waals surface area contributed by atoms with Crippen molar-refractivity contribution in [1.29, 1.82) is 0 Å². The molecule has 1 aromatic heterocycles. The van der Waals surface area contributed by atoms with Crippen molar-refractivity contribution in [2.45, 2.75) is 102 Å². The normalized spacial score (nSPS) is 31.8. The largest absolute Gasteiger partial charge is 0.457 e. The van der Waals surface area contributed by atoms with Gasteiger partial charge in [-0.05, 0) is 63.3 Å². The molecule has 1 saturated heterocycles. The van der Waals surface area contributed by atoms with Crippen molar-refractivity contribution < 1.29 is 29.3 Å². The van der Waals surface area contributed by atoms with Crippen LogP contribution >= 0.6 is 0 Å². The molecule has 4 rings (SSSR count). The summed E-state index contributed by atoms with van der Waals surface area (Å²) in [6.07, 6.45) is 12.1. The number of cyclic esters (lactones) is 1. The van der Waals surface area contributed by atoms with Gasteiger partial charge in [-0.3, -0.25) is 14.7 Å². The van der Waals surface area contributed by atoms with Gasteiger partial charge >= 0.3 is 12.1 Å². The summed E-state index contributed by atoms with van der Waals surface area (Å²) in [7, 11) is 0. The fraction of sp³-hybridized carbons (Fsp3) is 0.618. The Kier molecular flexibility index (Phi) is 11.6. The summed E-state index contributed by atoms with van der Waals surface area (Å²) >= 11 is 0. The number of aliphatic hydroxyl groups excluding tert-OH is 1. The second-order valence-electron chi connectivity index (χ2n) is 12.7. The lowest BCUT2D eigenvalue weighted by Gasteiger charge is -2.43. The van der Waals surface area contributed by atoms with Crippen LogP contribution in [0, 0.1) is 5.92 Å². The summed E-state index contributed by atoms with van der Waals surface area (Å²) in [5.74, 6) is -0.683. The highest BCUT2D eigenvalue weighted by Gasteiger charge is 2.37. The van der Waals surface area contributed by atoms with Gasteiger partial charge in [-0.15, -0.1) is 0 Å². The van der Waals surface area contributed by atoms with E-state index in [2.05, 4.69) is 16.8 Å². The molecule has 1 saturated carbocycles. The quantitative estimate of drug-likeness (QED) is 0.275. The molecule has 9 nitrogen and oxygen atoms in total. The standard InChI is InChI=1S/C34H49N3O6/c1-24(29-13-5-6-18-35-29)9-7-10-25(2)32-26(3)14-15-30(34(4,41)17-16-28(38)23-31(39)43-32)42-33(40)37-21-19-36(20-22-37)27-11-8-12-27/h5-7,9-10,13-15,18,24,26-28,30,32,38,41H,8,11-12,16-17,19-23H2,1-4H3/b9-7+,15-14-,25-10+/t24-,26+,28-,30+,32-,34-/m1/s1. The molecule has 43 heavy (non-hydrogen) atoms. The second-order valence-corrected chi connectivity index (χ2v) is 12.7. The summed E-state index contributed by atoms with van der Waals surface area (Å²) in [5, 5.41) is 22.0. The maximum atomic E-state index is 13.2. The van der Waals surface area contributed by atoms with Gasteiger partial charge in [0.1, 0.15) is 11.7 Å². The van der Waals surface area contributed by atoms with Gasteiger partial charge in [-0.25, -0.2) is 4.79 Å². The van der Waals surface area contributed by atoms with E-state index in [0.717, 1.165) is 24.4 Å². The minimum absolute atomic E-state index is 0.107. The Bertz CT molecular complexity index is 1150. The zero-order valence-corrected chi connectivity index (χ0v) is 26.1. The van der Waals surface area contributed by atoms with E-state index >= 15 is 0 Å². The number of ether oxygens (including phenoxy) is 2. The number of hydrogen-bond donors (Lipinski definition) is 2. The number of rotatable bonds is 6. The highest BCUT2D eigenvalue weighted by atomic mass is 16.6. The molecule has 0 spiro atoms. The van der Waals surface area contributed by atoms with E-state index in [0.29, 0.717) is 19.1 Å². The van der Waals surface area contributed by atoms with Crippen LogP contribution in [0.4, 0.5) is 4.79 Å². The maximum absolute atomic E-state index is 13.2. The fourth-order valence-corrected chi connectivity index (χ4v) is 5.87. The Morgan fingerprint density at radius 3 is 2.58 bits per heavy atom. The average Bonchev–Trinajstić information content (AvgIpc) is 2.96. The lowest BCUT2D eigenvalue weighted by atomic mass is 9.88. The van der Waals surface area contributed by atoms with E-state index in [1.807, 2.05) is 56.4 Å². The van der Waals surface area contributed by atoms with Crippen molar-refractivity contribution in [3.05, 3.63) is 66.0 Å². The number of carbonyl (C=O) groups is 2. The molecule has 0 aromatic carbocycles. The summed E-state index contributed by atoms with van der Waals surface area (Å²) in [6.45, 7) is 10.3. The molecule has 1 aromatic rings. The van der Waals surface area contributed by atoms with Gasteiger partial charge in [0, 0.05) is 55.9 Å². The van der Waals surface area contributed by atoms with Crippen LogP contribution in [-0.4, -0.2) is 93.2 Å². The number of pyridine rings is 1. The number of piperazine rings is 1. The molecule has 3 heterocycles. The number of esters is 1. The smallest absolute Gasteiger partial charge is 0.410 e. The summed E-state index contributed by atoms with van der Waals surface area (Å²) in [6, 6.07) is 6.46. The van der Waals surface area contributed by atoms with Gasteiger partial charge in [0.15, 0.2) is 6.10 Å². The van der Waals surface area contributed by atoms with Crippen LogP contribution in [0.25, 0.3) is 0 Å². The topological polar surface area (TPSA) is 112 Å². The molecular weight excluding hydrogens is 546 g/mol. The Morgan fingerprint density at radius 1 is 1.19 bits per heavy atom. The zero-order chi connectivity index (χ0) is 31.0. The molecule has 2 N–H and O–H groups in total. The number of nitrogens with zero attached hydrogens (tertiary/aromatic N) is 3. The number of aromatic nitrogens is 1. The first-order chi connectivity index (χ1) is 20.5. The number of carbonyl (C=O) groups excluding carboxylic acids is 2. The Hall–Kier alpha value is -3.01. The molecule has 2 fully saturated rings. The molecule has 2 aliphatic heterocycles. The van der Waals surface area contributed by atoms with Crippen molar-refractivity contribution in [3.63, 3.8) is 0 Å². The van der Waals surface area contributed by atoms with Crippen LogP contribution < -0.4 is 0 Å². The van der Waals surface area contributed by atoms with E-state index in [-0.39, 0.29) is 31.1 Å². The summed E-state index contributed by atoms with van der Waals surface area (Å²) in [4.78, 5) is 34.6. The summed E-state index contributed by atoms with van der Waals surface area (Å²) in [5.41, 5.74) is 0.348. The van der Waals surface area contributed by atoms with E-state index < -0.39 is 36.0 Å². The van der Waals surface area contributed by atoms with Crippen molar-refractivity contribution in [3.8, 4) is 0 Å². The molecule has 236 valence electrons. The van der Waals surface area contributed by atoms with Crippen molar-refractivity contribution in [2.24, 2.45) is 5.92 Å². The highest BCUT2D eigenvalue weighted by Crippen LogP contribution is 2.29. The Morgan fingerprint density at radius 2 is 1.93 bits per heavy atom. The van der Waals surface area contributed by atoms with Gasteiger partial charge in [0.2, 0.25) is 0 Å². The van der Waals surface area contributed by atoms with Crippen molar-refractivity contribution in [2.75, 3.05) is 26.2 Å². The number of amides is 1. The molecule has 0 unspecified atom stereocenters. The SMILES string of the molecule is C/C(=C\C=C\[C@@H](C)c1ccccn1)[C@H]1OC(=O)C[C@H](O)CC[C@@](C)(O)[C@@H](OC(=O)N2CCN(C3CCC3)CC2)/C=C\[C@@H]1C. The minimum atomic E-state index is -1.44. The van der Waals surface area contributed by atoms with Gasteiger partial charge in [0.05, 0.1) is 12.5 Å². The molecule has 1 aliphatic carbocycles. The lowest BCUT2D eigenvalue weighted by molar-refractivity contribution is -0.151. The third-order valence-corrected chi connectivity index (χ3v) is 9.08. The van der Waals surface area contributed by atoms with Crippen LogP contribution in [-0.2, 0) is 14.3 Å². The Balaban J connectivity index is 1.48. The van der Waals surface area contributed by atoms with Gasteiger partial charge in [-0.1, -0.05) is 50.6 Å². The van der Waals surface area contributed by atoms with Crippen LogP contribution in [0.15, 0.2) is 60.3 Å². The first-order valence-electron chi connectivity index (χ1n) is 15.8. The van der Waals surface area contributed by atoms with Crippen LogP contribution in [0.3, 0.4) is 0 Å². The lowest BCUT2D eigenvalue weighted by Crippen LogP contribution is -2.54. The molecule has 0 bridgehead atoms. The van der Waals surface area contributed by atoms with E-state index in [1.165, 1.54) is 19.3 Å². The maximum Gasteiger partial charge on any atom is 0.410 e. The zero-order valence-electron chi connectivity index (χ0n) is 26.1. The third kappa shape index (κ3) is 9.24. The first-order valence-corrected chi connectivity index (χ1v) is 15.8. The fourth-order valence-electron chi connectivity index (χ4n) is 5.87. The second kappa shape index (κ2) is 15.1. The van der Waals surface area contributed by atoms with Crippen LogP contribution in [0.5, 0.6) is 0 Å². The molecule has 3 aliphatic rings. The van der Waals surface area contributed by atoms with E-state index in [1.54, 1.807) is 24.1 Å². The molecule has 9 heteroatoms. The average molecular weight is 596 g/mol. The van der Waals surface area contributed by atoms with Crippen molar-refractivity contribution >= 4 is 12.1 Å². The predicted molar refractivity (Wildman–Crippen MR) is 165 cm³/mol. The molecule has 1 amide bonds. The van der Waals surface area contributed by atoms with Crippen LogP contribution in [0.2, 0.25) is 0 Å². The molecular formula is C34H49N3O6. The number of hydrogen-bond acceptors (Lipinski definition) is 8. The molecule has 0 radical (unpaired) electrons. The highest BCUT2D eigenvalue weighted by molar-refractivity contribution is 5.70. The van der Waals surface area contributed by atoms with Crippen molar-refractivity contribution in [1.82, 2.24) is 14.8 Å². The monoisotopic (exact) mass is 595 g/mol. The Labute approximate surface area is 256 Å². The predicted octanol–water partition coefficient (Wildman–Crippen LogP) is 4.76. The van der Waals surface area contributed by atoms with Gasteiger partial charge in [0.25, 0.3) is 0 Å². The number of aliphatic hydroxyl groups is 2.